The number of nitrogen functional groups attached to an aromatic ring is 1. The van der Waals surface area contributed by atoms with Crippen molar-refractivity contribution in [3.8, 4) is 11.5 Å². The van der Waals surface area contributed by atoms with Crippen LogP contribution in [0.1, 0.15) is 29.9 Å². The van der Waals surface area contributed by atoms with Gasteiger partial charge in [0, 0.05) is 24.2 Å². The van der Waals surface area contributed by atoms with Gasteiger partial charge < -0.3 is 30.0 Å². The molecule has 0 aliphatic carbocycles. The zero-order valence-electron chi connectivity index (χ0n) is 20.5. The Bertz CT molecular complexity index is 1250. The van der Waals surface area contributed by atoms with E-state index in [9.17, 15) is 13.2 Å². The summed E-state index contributed by atoms with van der Waals surface area (Å²) in [4.78, 5) is 9.01. The quantitative estimate of drug-likeness (QED) is 0.401. The van der Waals surface area contributed by atoms with Gasteiger partial charge in [-0.15, -0.1) is 0 Å². The van der Waals surface area contributed by atoms with Crippen LogP contribution in [0.25, 0.3) is 10.9 Å². The van der Waals surface area contributed by atoms with Crippen LogP contribution in [0.2, 0.25) is 0 Å². The number of hydrogen-bond donors (Lipinski definition) is 2. The number of aryl methyl sites for hydroxylation is 1. The van der Waals surface area contributed by atoms with E-state index in [4.69, 9.17) is 24.7 Å². The number of aromatic nitrogens is 2. The number of methoxy groups -OCH3 is 2. The average Bonchev–Trinajstić information content (AvgIpc) is 2.79. The van der Waals surface area contributed by atoms with Gasteiger partial charge in [0.2, 0.25) is 0 Å². The molecule has 2 heterocycles. The number of fused-ring (bicyclic) bond motifs is 1. The number of anilines is 2. The van der Waals surface area contributed by atoms with E-state index >= 15 is 0 Å². The van der Waals surface area contributed by atoms with Gasteiger partial charge in [-0.25, -0.2) is 9.97 Å². The van der Waals surface area contributed by atoms with Crippen LogP contribution in [-0.4, -0.2) is 50.6 Å². The summed E-state index contributed by atoms with van der Waals surface area (Å²) < 4.78 is 62.3. The summed E-state index contributed by atoms with van der Waals surface area (Å²) in [6.45, 7) is 5.39. The van der Waals surface area contributed by atoms with Crippen molar-refractivity contribution in [1.82, 2.24) is 9.97 Å². The fraction of sp³-hybridized carbons (Fsp3) is 0.440. The van der Waals surface area contributed by atoms with Gasteiger partial charge >= 0.3 is 6.18 Å². The summed E-state index contributed by atoms with van der Waals surface area (Å²) in [5.41, 5.74) is 5.72. The highest BCUT2D eigenvalue weighted by Gasteiger charge is 2.40. The molecule has 1 atom stereocenters. The van der Waals surface area contributed by atoms with Crippen molar-refractivity contribution in [1.29, 1.82) is 0 Å². The smallest absolute Gasteiger partial charge is 0.416 e. The van der Waals surface area contributed by atoms with Gasteiger partial charge in [0.05, 0.1) is 49.5 Å². The first-order chi connectivity index (χ1) is 17.0. The lowest BCUT2D eigenvalue weighted by atomic mass is 9.88. The van der Waals surface area contributed by atoms with E-state index in [0.717, 1.165) is 12.1 Å². The second-order valence-corrected chi connectivity index (χ2v) is 9.11. The molecule has 1 aromatic heterocycles. The van der Waals surface area contributed by atoms with Crippen LogP contribution in [0.15, 0.2) is 30.3 Å². The third-order valence-electron chi connectivity index (χ3n) is 6.05. The van der Waals surface area contributed by atoms with Gasteiger partial charge in [0.25, 0.3) is 0 Å². The number of nitrogens with zero attached hydrogens (tertiary/aromatic N) is 2. The Morgan fingerprint density at radius 3 is 2.44 bits per heavy atom. The van der Waals surface area contributed by atoms with E-state index in [-0.39, 0.29) is 11.1 Å². The Morgan fingerprint density at radius 1 is 1.08 bits per heavy atom. The van der Waals surface area contributed by atoms with Gasteiger partial charge in [0.15, 0.2) is 11.5 Å². The average molecular weight is 507 g/mol. The molecule has 1 saturated heterocycles. The van der Waals surface area contributed by atoms with E-state index < -0.39 is 17.8 Å². The summed E-state index contributed by atoms with van der Waals surface area (Å²) in [6, 6.07) is 6.49. The molecule has 2 aromatic carbocycles. The van der Waals surface area contributed by atoms with Gasteiger partial charge in [-0.2, -0.15) is 13.2 Å². The van der Waals surface area contributed by atoms with Crippen molar-refractivity contribution in [3.63, 3.8) is 0 Å². The van der Waals surface area contributed by atoms with Crippen LogP contribution in [0.4, 0.5) is 24.7 Å². The molecule has 36 heavy (non-hydrogen) atoms. The second-order valence-electron chi connectivity index (χ2n) is 9.11. The Kier molecular flexibility index (Phi) is 7.14. The minimum Gasteiger partial charge on any atom is -0.493 e. The SMILES string of the molecule is COCC1(COc2cc3c(NC(C)c4cc(N)cc(C(F)(F)F)c4)nc(C)nc3cc2OC)COC1. The van der Waals surface area contributed by atoms with E-state index in [0.29, 0.717) is 66.0 Å². The third kappa shape index (κ3) is 5.41. The van der Waals surface area contributed by atoms with Crippen molar-refractivity contribution in [2.24, 2.45) is 5.41 Å². The van der Waals surface area contributed by atoms with Crippen molar-refractivity contribution in [2.45, 2.75) is 26.1 Å². The van der Waals surface area contributed by atoms with E-state index in [1.54, 1.807) is 40.2 Å². The van der Waals surface area contributed by atoms with Crippen LogP contribution in [-0.2, 0) is 15.7 Å². The molecule has 3 N–H and O–H groups in total. The van der Waals surface area contributed by atoms with E-state index in [2.05, 4.69) is 15.3 Å². The minimum atomic E-state index is -4.50. The molecule has 0 bridgehead atoms. The van der Waals surface area contributed by atoms with Crippen LogP contribution in [0.5, 0.6) is 11.5 Å². The Morgan fingerprint density at radius 2 is 1.83 bits per heavy atom. The summed E-state index contributed by atoms with van der Waals surface area (Å²) >= 11 is 0. The van der Waals surface area contributed by atoms with Crippen molar-refractivity contribution < 1.29 is 32.1 Å². The number of hydrogen-bond acceptors (Lipinski definition) is 8. The highest BCUT2D eigenvalue weighted by molar-refractivity contribution is 5.92. The minimum absolute atomic E-state index is 0.0302. The standard InChI is InChI=1S/C25H29F3N4O4/c1-14(16-5-17(25(26,27)28)7-18(29)6-16)30-23-19-8-22(36-13-24(10-33-3)11-35-12-24)21(34-4)9-20(19)31-15(2)32-23/h5-9,14H,10-13,29H2,1-4H3,(H,30,31,32). The number of nitrogens with one attached hydrogen (secondary N) is 1. The summed E-state index contributed by atoms with van der Waals surface area (Å²) in [7, 11) is 3.17. The molecule has 0 spiro atoms. The molecule has 11 heteroatoms. The van der Waals surface area contributed by atoms with Gasteiger partial charge in [-0.05, 0) is 43.7 Å². The maximum Gasteiger partial charge on any atom is 0.416 e. The van der Waals surface area contributed by atoms with Crippen molar-refractivity contribution in [2.75, 3.05) is 51.7 Å². The first-order valence-electron chi connectivity index (χ1n) is 11.3. The number of rotatable bonds is 9. The molecule has 0 saturated carbocycles. The first kappa shape index (κ1) is 25.8. The number of benzene rings is 2. The topological polar surface area (TPSA) is 101 Å². The largest absolute Gasteiger partial charge is 0.493 e. The Balaban J connectivity index is 1.67. The summed E-state index contributed by atoms with van der Waals surface area (Å²) in [5, 5.41) is 3.85. The molecule has 194 valence electrons. The normalized spacial score (nSPS) is 15.9. The maximum atomic E-state index is 13.3. The van der Waals surface area contributed by atoms with Crippen molar-refractivity contribution >= 4 is 22.4 Å². The highest BCUT2D eigenvalue weighted by atomic mass is 19.4. The molecular weight excluding hydrogens is 477 g/mol. The molecule has 3 aromatic rings. The summed E-state index contributed by atoms with van der Waals surface area (Å²) in [6.07, 6.45) is -4.50. The number of alkyl halides is 3. The molecule has 1 aliphatic rings. The fourth-order valence-corrected chi connectivity index (χ4v) is 4.15. The molecule has 1 unspecified atom stereocenters. The zero-order valence-corrected chi connectivity index (χ0v) is 20.5. The third-order valence-corrected chi connectivity index (χ3v) is 6.05. The van der Waals surface area contributed by atoms with Crippen LogP contribution in [0.3, 0.4) is 0 Å². The predicted molar refractivity (Wildman–Crippen MR) is 129 cm³/mol. The summed E-state index contributed by atoms with van der Waals surface area (Å²) in [5.74, 6) is 1.92. The second kappa shape index (κ2) is 9.98. The highest BCUT2D eigenvalue weighted by Crippen LogP contribution is 2.38. The van der Waals surface area contributed by atoms with E-state index in [1.165, 1.54) is 6.07 Å². The molecule has 1 fully saturated rings. The molecule has 0 amide bonds. The monoisotopic (exact) mass is 506 g/mol. The molecule has 8 nitrogen and oxygen atoms in total. The van der Waals surface area contributed by atoms with Crippen molar-refractivity contribution in [3.05, 3.63) is 47.3 Å². The number of ether oxygens (including phenoxy) is 4. The van der Waals surface area contributed by atoms with Crippen LogP contribution < -0.4 is 20.5 Å². The zero-order chi connectivity index (χ0) is 26.1. The lowest BCUT2D eigenvalue weighted by Gasteiger charge is -2.40. The Labute approximate surface area is 206 Å². The predicted octanol–water partition coefficient (Wildman–Crippen LogP) is 4.76. The molecular formula is C25H29F3N4O4. The maximum absolute atomic E-state index is 13.3. The molecule has 1 aliphatic heterocycles. The van der Waals surface area contributed by atoms with Gasteiger partial charge in [0.1, 0.15) is 18.2 Å². The van der Waals surface area contributed by atoms with Gasteiger partial charge in [-0.3, -0.25) is 0 Å². The van der Waals surface area contributed by atoms with Crippen LogP contribution in [0, 0.1) is 12.3 Å². The lowest BCUT2D eigenvalue weighted by molar-refractivity contribution is -0.159. The van der Waals surface area contributed by atoms with Crippen LogP contribution >= 0.6 is 0 Å². The van der Waals surface area contributed by atoms with Gasteiger partial charge in [-0.1, -0.05) is 0 Å². The number of nitrogens with two attached hydrogens (primary N) is 1. The lowest BCUT2D eigenvalue weighted by Crippen LogP contribution is -2.50. The fourth-order valence-electron chi connectivity index (χ4n) is 4.15. The first-order valence-corrected chi connectivity index (χ1v) is 11.3. The molecule has 0 radical (unpaired) electrons. The Hall–Kier alpha value is -3.31. The van der Waals surface area contributed by atoms with E-state index in [1.807, 2.05) is 0 Å². The number of halogens is 3. The molecule has 4 rings (SSSR count).